The van der Waals surface area contributed by atoms with Crippen LogP contribution in [0.15, 0.2) is 57.7 Å². The van der Waals surface area contributed by atoms with Gasteiger partial charge in [-0.1, -0.05) is 41.1 Å². The summed E-state index contributed by atoms with van der Waals surface area (Å²) in [5.41, 5.74) is 0.776. The molecule has 4 aromatic rings. The summed E-state index contributed by atoms with van der Waals surface area (Å²) in [5, 5.41) is 1.49. The van der Waals surface area contributed by atoms with Gasteiger partial charge in [-0.3, -0.25) is 19.4 Å². The molecule has 7 nitrogen and oxygen atoms in total. The average molecular weight is 470 g/mol. The highest BCUT2D eigenvalue weighted by Gasteiger charge is 2.25. The monoisotopic (exact) mass is 469 g/mol. The number of benzene rings is 2. The SMILES string of the molecule is O=C(c1cc(=O)c2ccccc2o1)N(CCN1CCOCC1)c1nc2c(Cl)cccc2s1. The lowest BCUT2D eigenvalue weighted by atomic mass is 10.2. The van der Waals surface area contributed by atoms with Crippen molar-refractivity contribution < 1.29 is 13.9 Å². The van der Waals surface area contributed by atoms with Gasteiger partial charge in [-0.25, -0.2) is 4.98 Å². The molecular weight excluding hydrogens is 450 g/mol. The molecule has 0 saturated carbocycles. The molecule has 1 amide bonds. The molecule has 1 saturated heterocycles. The quantitative estimate of drug-likeness (QED) is 0.439. The third-order valence-corrected chi connectivity index (χ3v) is 6.77. The molecule has 9 heteroatoms. The Hall–Kier alpha value is -2.78. The molecule has 0 N–H and O–H groups in total. The normalized spacial score (nSPS) is 14.8. The minimum atomic E-state index is -0.406. The number of anilines is 1. The highest BCUT2D eigenvalue weighted by atomic mass is 35.5. The molecule has 0 radical (unpaired) electrons. The highest BCUT2D eigenvalue weighted by molar-refractivity contribution is 7.22. The van der Waals surface area contributed by atoms with E-state index in [1.165, 1.54) is 17.4 Å². The van der Waals surface area contributed by atoms with E-state index < -0.39 is 5.91 Å². The summed E-state index contributed by atoms with van der Waals surface area (Å²) in [5.74, 6) is -0.419. The van der Waals surface area contributed by atoms with E-state index in [1.807, 2.05) is 12.1 Å². The molecule has 0 atom stereocenters. The molecule has 0 spiro atoms. The number of morpholine rings is 1. The molecule has 1 aliphatic heterocycles. The van der Waals surface area contributed by atoms with Crippen LogP contribution in [-0.2, 0) is 4.74 Å². The second-order valence-corrected chi connectivity index (χ2v) is 8.88. The molecule has 2 aromatic heterocycles. The summed E-state index contributed by atoms with van der Waals surface area (Å²) in [6.07, 6.45) is 0. The first-order chi connectivity index (χ1) is 15.6. The Morgan fingerprint density at radius 1 is 1.16 bits per heavy atom. The summed E-state index contributed by atoms with van der Waals surface area (Å²) in [4.78, 5) is 34.6. The number of halogens is 1. The summed E-state index contributed by atoms with van der Waals surface area (Å²) < 4.78 is 12.1. The van der Waals surface area contributed by atoms with Gasteiger partial charge < -0.3 is 9.15 Å². The fourth-order valence-corrected chi connectivity index (χ4v) is 5.00. The Labute approximate surface area is 192 Å². The maximum absolute atomic E-state index is 13.6. The van der Waals surface area contributed by atoms with Crippen LogP contribution in [0.3, 0.4) is 0 Å². The number of hydrogen-bond acceptors (Lipinski definition) is 7. The van der Waals surface area contributed by atoms with E-state index in [9.17, 15) is 9.59 Å². The largest absolute Gasteiger partial charge is 0.451 e. The second kappa shape index (κ2) is 8.99. The van der Waals surface area contributed by atoms with Crippen LogP contribution < -0.4 is 10.3 Å². The predicted molar refractivity (Wildman–Crippen MR) is 126 cm³/mol. The topological polar surface area (TPSA) is 75.9 Å². The minimum Gasteiger partial charge on any atom is -0.451 e. The van der Waals surface area contributed by atoms with E-state index >= 15 is 0 Å². The summed E-state index contributed by atoms with van der Waals surface area (Å²) in [7, 11) is 0. The van der Waals surface area contributed by atoms with Gasteiger partial charge in [-0.05, 0) is 24.3 Å². The van der Waals surface area contributed by atoms with Crippen molar-refractivity contribution in [1.82, 2.24) is 9.88 Å². The van der Waals surface area contributed by atoms with Gasteiger partial charge in [-0.2, -0.15) is 0 Å². The van der Waals surface area contributed by atoms with E-state index in [1.54, 1.807) is 35.2 Å². The van der Waals surface area contributed by atoms with Crippen LogP contribution in [0.25, 0.3) is 21.2 Å². The van der Waals surface area contributed by atoms with Gasteiger partial charge in [0.15, 0.2) is 16.3 Å². The molecule has 1 aliphatic rings. The number of rotatable bonds is 5. The first-order valence-corrected chi connectivity index (χ1v) is 11.5. The van der Waals surface area contributed by atoms with Crippen molar-refractivity contribution in [3.63, 3.8) is 0 Å². The minimum absolute atomic E-state index is 0.0129. The van der Waals surface area contributed by atoms with Crippen LogP contribution in [0.5, 0.6) is 0 Å². The number of ether oxygens (including phenoxy) is 1. The fraction of sp³-hybridized carbons (Fsp3) is 0.261. The number of carbonyl (C=O) groups is 1. The highest BCUT2D eigenvalue weighted by Crippen LogP contribution is 2.33. The van der Waals surface area contributed by atoms with Crippen molar-refractivity contribution in [1.29, 1.82) is 0 Å². The smallest absolute Gasteiger partial charge is 0.295 e. The molecular formula is C23H20ClN3O4S. The van der Waals surface area contributed by atoms with Crippen molar-refractivity contribution in [3.05, 3.63) is 69.5 Å². The maximum atomic E-state index is 13.6. The Balaban J connectivity index is 1.52. The molecule has 0 aliphatic carbocycles. The molecule has 0 unspecified atom stereocenters. The zero-order valence-electron chi connectivity index (χ0n) is 17.1. The van der Waals surface area contributed by atoms with Crippen LogP contribution in [-0.4, -0.2) is 55.2 Å². The van der Waals surface area contributed by atoms with Crippen LogP contribution >= 0.6 is 22.9 Å². The molecule has 0 bridgehead atoms. The van der Waals surface area contributed by atoms with Crippen LogP contribution in [0.4, 0.5) is 5.13 Å². The van der Waals surface area contributed by atoms with Gasteiger partial charge in [0, 0.05) is 32.2 Å². The van der Waals surface area contributed by atoms with Gasteiger partial charge in [0.25, 0.3) is 5.91 Å². The molecule has 3 heterocycles. The molecule has 1 fully saturated rings. The average Bonchev–Trinajstić information content (AvgIpc) is 3.25. The molecule has 164 valence electrons. The zero-order chi connectivity index (χ0) is 22.1. The number of thiazole rings is 1. The predicted octanol–water partition coefficient (Wildman–Crippen LogP) is 4.04. The van der Waals surface area contributed by atoms with Gasteiger partial charge >= 0.3 is 0 Å². The van der Waals surface area contributed by atoms with Crippen LogP contribution in [0.1, 0.15) is 10.6 Å². The van der Waals surface area contributed by atoms with Crippen molar-refractivity contribution in [2.75, 3.05) is 44.3 Å². The standard InChI is InChI=1S/C23H20ClN3O4S/c24-16-5-3-7-20-21(16)25-23(32-20)27(9-8-26-10-12-30-13-11-26)22(29)19-14-17(28)15-4-1-2-6-18(15)31-19/h1-7,14H,8-13H2. The number of carbonyl (C=O) groups excluding carboxylic acids is 1. The summed E-state index contributed by atoms with van der Waals surface area (Å²) in [6.45, 7) is 4.00. The Morgan fingerprint density at radius 2 is 1.97 bits per heavy atom. The Kier molecular flexibility index (Phi) is 5.93. The van der Waals surface area contributed by atoms with Gasteiger partial charge in [0.2, 0.25) is 0 Å². The first-order valence-electron chi connectivity index (χ1n) is 10.3. The van der Waals surface area contributed by atoms with Gasteiger partial charge in [-0.15, -0.1) is 0 Å². The first kappa shape index (κ1) is 21.1. The molecule has 5 rings (SSSR count). The lowest BCUT2D eigenvalue weighted by Gasteiger charge is -2.29. The van der Waals surface area contributed by atoms with E-state index in [0.717, 1.165) is 17.8 Å². The number of aromatic nitrogens is 1. The maximum Gasteiger partial charge on any atom is 0.295 e. The fourth-order valence-electron chi connectivity index (χ4n) is 3.71. The van der Waals surface area contributed by atoms with E-state index in [-0.39, 0.29) is 11.2 Å². The number of para-hydroxylation sites is 2. The summed E-state index contributed by atoms with van der Waals surface area (Å²) >= 11 is 7.70. The lowest BCUT2D eigenvalue weighted by molar-refractivity contribution is 0.0390. The van der Waals surface area contributed by atoms with E-state index in [0.29, 0.717) is 52.9 Å². The van der Waals surface area contributed by atoms with Crippen LogP contribution in [0, 0.1) is 0 Å². The van der Waals surface area contributed by atoms with Crippen molar-refractivity contribution in [2.45, 2.75) is 0 Å². The van der Waals surface area contributed by atoms with Crippen molar-refractivity contribution >= 4 is 55.2 Å². The third-order valence-electron chi connectivity index (χ3n) is 5.42. The Bertz CT molecular complexity index is 1350. The number of nitrogens with zero attached hydrogens (tertiary/aromatic N) is 3. The molecule has 2 aromatic carbocycles. The third kappa shape index (κ3) is 4.14. The van der Waals surface area contributed by atoms with Gasteiger partial charge in [0.05, 0.1) is 28.3 Å². The zero-order valence-corrected chi connectivity index (χ0v) is 18.7. The molecule has 32 heavy (non-hydrogen) atoms. The number of hydrogen-bond donors (Lipinski definition) is 0. The van der Waals surface area contributed by atoms with Gasteiger partial charge in [0.1, 0.15) is 11.1 Å². The number of fused-ring (bicyclic) bond motifs is 2. The second-order valence-electron chi connectivity index (χ2n) is 7.46. The van der Waals surface area contributed by atoms with Crippen molar-refractivity contribution in [3.8, 4) is 0 Å². The van der Waals surface area contributed by atoms with E-state index in [4.69, 9.17) is 20.8 Å². The van der Waals surface area contributed by atoms with Crippen molar-refractivity contribution in [2.24, 2.45) is 0 Å². The number of amides is 1. The Morgan fingerprint density at radius 3 is 2.78 bits per heavy atom. The van der Waals surface area contributed by atoms with Crippen LogP contribution in [0.2, 0.25) is 5.02 Å². The lowest BCUT2D eigenvalue weighted by Crippen LogP contribution is -2.43. The van der Waals surface area contributed by atoms with E-state index in [2.05, 4.69) is 9.88 Å². The summed E-state index contributed by atoms with van der Waals surface area (Å²) in [6, 6.07) is 13.7.